The molecule has 0 aromatic heterocycles. The third-order valence-corrected chi connectivity index (χ3v) is 3.60. The number of carbonyl (C=O) groups excluding carboxylic acids is 1. The van der Waals surface area contributed by atoms with Crippen molar-refractivity contribution in [1.29, 1.82) is 0 Å². The maximum atomic E-state index is 11.2. The molecule has 0 bridgehead atoms. The van der Waals surface area contributed by atoms with Crippen LogP contribution in [0.1, 0.15) is 30.6 Å². The van der Waals surface area contributed by atoms with Gasteiger partial charge in [-0.3, -0.25) is 14.9 Å². The molecule has 0 fully saturated rings. The number of amides is 1. The molecule has 0 spiro atoms. The zero-order valence-electron chi connectivity index (χ0n) is 12.6. The number of carbonyl (C=O) groups is 1. The molecule has 7 nitrogen and oxygen atoms in total. The molecule has 0 saturated heterocycles. The van der Waals surface area contributed by atoms with Crippen LogP contribution in [0, 0.1) is 10.1 Å². The van der Waals surface area contributed by atoms with Crippen molar-refractivity contribution < 1.29 is 9.72 Å². The zero-order valence-corrected chi connectivity index (χ0v) is 12.6. The lowest BCUT2D eigenvalue weighted by Gasteiger charge is -2.23. The first-order chi connectivity index (χ1) is 9.86. The molecule has 0 aliphatic heterocycles. The molecule has 1 amide bonds. The minimum Gasteiger partial charge on any atom is -0.378 e. The SMILES string of the molecule is CCC(C)N(C)CCNc1cc(C(N)=O)ccc1[N+](=O)[O-]. The van der Waals surface area contributed by atoms with Crippen molar-refractivity contribution in [3.8, 4) is 0 Å². The molecule has 7 heteroatoms. The Bertz CT molecular complexity index is 519. The Morgan fingerprint density at radius 1 is 1.52 bits per heavy atom. The van der Waals surface area contributed by atoms with Crippen molar-refractivity contribution in [2.24, 2.45) is 5.73 Å². The Kier molecular flexibility index (Phi) is 6.10. The second kappa shape index (κ2) is 7.58. The van der Waals surface area contributed by atoms with E-state index in [0.717, 1.165) is 13.0 Å². The first kappa shape index (κ1) is 16.9. The van der Waals surface area contributed by atoms with Gasteiger partial charge in [0, 0.05) is 30.8 Å². The fraction of sp³-hybridized carbons (Fsp3) is 0.500. The quantitative estimate of drug-likeness (QED) is 0.562. The van der Waals surface area contributed by atoms with Crippen LogP contribution in [-0.4, -0.2) is 41.9 Å². The maximum Gasteiger partial charge on any atom is 0.292 e. The molecule has 0 saturated carbocycles. The lowest BCUT2D eigenvalue weighted by molar-refractivity contribution is -0.384. The summed E-state index contributed by atoms with van der Waals surface area (Å²) >= 11 is 0. The average molecular weight is 294 g/mol. The summed E-state index contributed by atoms with van der Waals surface area (Å²) in [5.41, 5.74) is 5.70. The van der Waals surface area contributed by atoms with Crippen molar-refractivity contribution in [2.75, 3.05) is 25.5 Å². The Labute approximate surface area is 124 Å². The molecule has 1 atom stereocenters. The highest BCUT2D eigenvalue weighted by molar-refractivity contribution is 5.94. The number of hydrogen-bond acceptors (Lipinski definition) is 5. The smallest absolute Gasteiger partial charge is 0.292 e. The highest BCUT2D eigenvalue weighted by Gasteiger charge is 2.16. The van der Waals surface area contributed by atoms with Crippen LogP contribution in [0.4, 0.5) is 11.4 Å². The molecule has 21 heavy (non-hydrogen) atoms. The highest BCUT2D eigenvalue weighted by atomic mass is 16.6. The molecule has 3 N–H and O–H groups in total. The number of anilines is 1. The summed E-state index contributed by atoms with van der Waals surface area (Å²) < 4.78 is 0. The third kappa shape index (κ3) is 4.71. The summed E-state index contributed by atoms with van der Waals surface area (Å²) in [5, 5.41) is 14.0. The number of nitrogens with two attached hydrogens (primary N) is 1. The van der Waals surface area contributed by atoms with Gasteiger partial charge in [-0.1, -0.05) is 6.92 Å². The van der Waals surface area contributed by atoms with E-state index in [9.17, 15) is 14.9 Å². The van der Waals surface area contributed by atoms with Crippen LogP contribution in [-0.2, 0) is 0 Å². The molecule has 116 valence electrons. The van der Waals surface area contributed by atoms with E-state index in [1.54, 1.807) is 0 Å². The summed E-state index contributed by atoms with van der Waals surface area (Å²) in [7, 11) is 2.00. The van der Waals surface area contributed by atoms with Crippen molar-refractivity contribution in [2.45, 2.75) is 26.3 Å². The first-order valence-corrected chi connectivity index (χ1v) is 6.89. The summed E-state index contributed by atoms with van der Waals surface area (Å²) in [6.07, 6.45) is 1.04. The van der Waals surface area contributed by atoms with Crippen molar-refractivity contribution >= 4 is 17.3 Å². The number of hydrogen-bond donors (Lipinski definition) is 2. The van der Waals surface area contributed by atoms with E-state index in [0.29, 0.717) is 18.3 Å². The van der Waals surface area contributed by atoms with Crippen LogP contribution in [0.15, 0.2) is 18.2 Å². The number of primary amides is 1. The molecule has 0 aliphatic carbocycles. The second-order valence-electron chi connectivity index (χ2n) is 5.02. The summed E-state index contributed by atoms with van der Waals surface area (Å²) in [5.74, 6) is -0.607. The number of rotatable bonds is 8. The van der Waals surface area contributed by atoms with E-state index in [4.69, 9.17) is 5.73 Å². The van der Waals surface area contributed by atoms with Gasteiger partial charge in [-0.05, 0) is 32.5 Å². The van der Waals surface area contributed by atoms with Gasteiger partial charge >= 0.3 is 0 Å². The van der Waals surface area contributed by atoms with Crippen molar-refractivity contribution in [3.05, 3.63) is 33.9 Å². The minimum atomic E-state index is -0.607. The number of nitro groups is 1. The molecule has 0 aliphatic rings. The van der Waals surface area contributed by atoms with Crippen LogP contribution in [0.5, 0.6) is 0 Å². The summed E-state index contributed by atoms with van der Waals surface area (Å²) in [6, 6.07) is 4.51. The fourth-order valence-electron chi connectivity index (χ4n) is 1.89. The summed E-state index contributed by atoms with van der Waals surface area (Å²) in [4.78, 5) is 23.8. The Morgan fingerprint density at radius 3 is 2.71 bits per heavy atom. The van der Waals surface area contributed by atoms with Crippen molar-refractivity contribution in [1.82, 2.24) is 4.90 Å². The normalized spacial score (nSPS) is 12.2. The molecule has 0 heterocycles. The first-order valence-electron chi connectivity index (χ1n) is 6.89. The third-order valence-electron chi connectivity index (χ3n) is 3.60. The minimum absolute atomic E-state index is 0.0637. The Balaban J connectivity index is 2.78. The van der Waals surface area contributed by atoms with Gasteiger partial charge in [-0.25, -0.2) is 0 Å². The highest BCUT2D eigenvalue weighted by Crippen LogP contribution is 2.25. The molecule has 1 aromatic carbocycles. The number of nitrogens with one attached hydrogen (secondary N) is 1. The van der Waals surface area contributed by atoms with Gasteiger partial charge in [0.1, 0.15) is 5.69 Å². The van der Waals surface area contributed by atoms with E-state index >= 15 is 0 Å². The van der Waals surface area contributed by atoms with Gasteiger partial charge in [0.15, 0.2) is 0 Å². The van der Waals surface area contributed by atoms with E-state index in [2.05, 4.69) is 24.1 Å². The monoisotopic (exact) mass is 294 g/mol. The van der Waals surface area contributed by atoms with Gasteiger partial charge in [-0.15, -0.1) is 0 Å². The number of benzene rings is 1. The molecule has 0 radical (unpaired) electrons. The van der Waals surface area contributed by atoms with Crippen LogP contribution < -0.4 is 11.1 Å². The molecule has 1 unspecified atom stereocenters. The number of likely N-dealkylation sites (N-methyl/N-ethyl adjacent to an activating group) is 1. The van der Waals surface area contributed by atoms with Crippen LogP contribution in [0.3, 0.4) is 0 Å². The van der Waals surface area contributed by atoms with E-state index in [1.807, 2.05) is 7.05 Å². The van der Waals surface area contributed by atoms with Gasteiger partial charge in [0.2, 0.25) is 5.91 Å². The van der Waals surface area contributed by atoms with E-state index < -0.39 is 10.8 Å². The largest absolute Gasteiger partial charge is 0.378 e. The van der Waals surface area contributed by atoms with Crippen LogP contribution >= 0.6 is 0 Å². The number of nitro benzene ring substituents is 1. The molecule has 1 rings (SSSR count). The van der Waals surface area contributed by atoms with Gasteiger partial charge in [0.25, 0.3) is 5.69 Å². The topological polar surface area (TPSA) is 102 Å². The van der Waals surface area contributed by atoms with Crippen molar-refractivity contribution in [3.63, 3.8) is 0 Å². The second-order valence-corrected chi connectivity index (χ2v) is 5.02. The number of nitrogens with zero attached hydrogens (tertiary/aromatic N) is 2. The standard InChI is InChI=1S/C14H22N4O3/c1-4-10(2)17(3)8-7-16-12-9-11(14(15)19)5-6-13(12)18(20)21/h5-6,9-10,16H,4,7-8H2,1-3H3,(H2,15,19). The van der Waals surface area contributed by atoms with Gasteiger partial charge in [-0.2, -0.15) is 0 Å². The average Bonchev–Trinajstić information content (AvgIpc) is 2.45. The van der Waals surface area contributed by atoms with Gasteiger partial charge in [0.05, 0.1) is 4.92 Å². The fourth-order valence-corrected chi connectivity index (χ4v) is 1.89. The Hall–Kier alpha value is -2.15. The predicted molar refractivity (Wildman–Crippen MR) is 82.5 cm³/mol. The molecular formula is C14H22N4O3. The van der Waals surface area contributed by atoms with Crippen LogP contribution in [0.25, 0.3) is 0 Å². The van der Waals surface area contributed by atoms with E-state index in [-0.39, 0.29) is 11.3 Å². The summed E-state index contributed by atoms with van der Waals surface area (Å²) in [6.45, 7) is 5.52. The zero-order chi connectivity index (χ0) is 16.0. The lowest BCUT2D eigenvalue weighted by atomic mass is 10.1. The van der Waals surface area contributed by atoms with Crippen LogP contribution in [0.2, 0.25) is 0 Å². The Morgan fingerprint density at radius 2 is 2.19 bits per heavy atom. The molecule has 1 aromatic rings. The maximum absolute atomic E-state index is 11.2. The lowest BCUT2D eigenvalue weighted by Crippen LogP contribution is -2.32. The predicted octanol–water partition coefficient (Wildman–Crippen LogP) is 1.84. The molecular weight excluding hydrogens is 272 g/mol. The van der Waals surface area contributed by atoms with Gasteiger partial charge < -0.3 is 16.0 Å². The van der Waals surface area contributed by atoms with E-state index in [1.165, 1.54) is 18.2 Å².